The second-order valence-electron chi connectivity index (χ2n) is 5.85. The van der Waals surface area contributed by atoms with Gasteiger partial charge in [0.05, 0.1) is 22.4 Å². The first-order valence-corrected chi connectivity index (χ1v) is 9.11. The highest BCUT2D eigenvalue weighted by Gasteiger charge is 2.18. The first kappa shape index (κ1) is 16.3. The molecule has 0 spiro atoms. The zero-order valence-electron chi connectivity index (χ0n) is 14.0. The standard InChI is InChI=1S/C16H20N4OS2/c1-9-7-20-14(21)6-13(18-16(20)22-9)8-19(5)10(2)15-11(3)23-12(4)17-15/h6-7,10H,8H2,1-5H3/t10-/m0/s1. The maximum Gasteiger partial charge on any atom is 0.258 e. The predicted molar refractivity (Wildman–Crippen MR) is 95.5 cm³/mol. The van der Waals surface area contributed by atoms with E-state index in [4.69, 9.17) is 0 Å². The third-order valence-electron chi connectivity index (χ3n) is 3.94. The molecule has 0 fully saturated rings. The van der Waals surface area contributed by atoms with E-state index in [1.807, 2.05) is 27.1 Å². The largest absolute Gasteiger partial charge is 0.292 e. The van der Waals surface area contributed by atoms with E-state index in [0.29, 0.717) is 6.54 Å². The summed E-state index contributed by atoms with van der Waals surface area (Å²) in [6.07, 6.45) is 1.84. The summed E-state index contributed by atoms with van der Waals surface area (Å²) in [4.78, 5) is 26.7. The van der Waals surface area contributed by atoms with Gasteiger partial charge in [-0.05, 0) is 34.7 Å². The van der Waals surface area contributed by atoms with Crippen LogP contribution in [0.15, 0.2) is 17.1 Å². The first-order valence-electron chi connectivity index (χ1n) is 7.48. The number of thiazole rings is 2. The third kappa shape index (κ3) is 3.22. The van der Waals surface area contributed by atoms with Gasteiger partial charge >= 0.3 is 0 Å². The van der Waals surface area contributed by atoms with Crippen LogP contribution in [0.2, 0.25) is 0 Å². The summed E-state index contributed by atoms with van der Waals surface area (Å²) >= 11 is 3.26. The van der Waals surface area contributed by atoms with Gasteiger partial charge < -0.3 is 0 Å². The van der Waals surface area contributed by atoms with E-state index in [-0.39, 0.29) is 11.6 Å². The van der Waals surface area contributed by atoms with Crippen molar-refractivity contribution in [2.75, 3.05) is 7.05 Å². The molecule has 0 bridgehead atoms. The number of fused-ring (bicyclic) bond motifs is 1. The van der Waals surface area contributed by atoms with Crippen LogP contribution in [0.4, 0.5) is 0 Å². The van der Waals surface area contributed by atoms with Gasteiger partial charge in [-0.15, -0.1) is 22.7 Å². The Balaban J connectivity index is 1.86. The van der Waals surface area contributed by atoms with Crippen molar-refractivity contribution in [1.82, 2.24) is 19.3 Å². The zero-order chi connectivity index (χ0) is 16.7. The highest BCUT2D eigenvalue weighted by Crippen LogP contribution is 2.26. The highest BCUT2D eigenvalue weighted by molar-refractivity contribution is 7.16. The van der Waals surface area contributed by atoms with Crippen LogP contribution in [0.1, 0.15) is 39.1 Å². The molecule has 1 atom stereocenters. The van der Waals surface area contributed by atoms with Gasteiger partial charge in [0, 0.05) is 28.6 Å². The molecule has 0 saturated heterocycles. The Labute approximate surface area is 143 Å². The van der Waals surface area contributed by atoms with E-state index in [1.165, 1.54) is 4.88 Å². The van der Waals surface area contributed by atoms with E-state index in [2.05, 4.69) is 28.7 Å². The van der Waals surface area contributed by atoms with E-state index in [9.17, 15) is 4.79 Å². The van der Waals surface area contributed by atoms with Crippen molar-refractivity contribution in [1.29, 1.82) is 0 Å². The Morgan fingerprint density at radius 1 is 1.26 bits per heavy atom. The fourth-order valence-corrected chi connectivity index (χ4v) is 4.43. The molecule has 3 heterocycles. The molecule has 0 aromatic carbocycles. The summed E-state index contributed by atoms with van der Waals surface area (Å²) in [5.41, 5.74) is 1.90. The van der Waals surface area contributed by atoms with Crippen LogP contribution in [-0.4, -0.2) is 26.3 Å². The van der Waals surface area contributed by atoms with Crippen LogP contribution in [0.3, 0.4) is 0 Å². The highest BCUT2D eigenvalue weighted by atomic mass is 32.1. The number of aryl methyl sites for hydroxylation is 3. The molecule has 0 saturated carbocycles. The van der Waals surface area contributed by atoms with Crippen LogP contribution >= 0.6 is 22.7 Å². The molecule has 5 nitrogen and oxygen atoms in total. The summed E-state index contributed by atoms with van der Waals surface area (Å²) in [5.74, 6) is 0. The van der Waals surface area contributed by atoms with Crippen LogP contribution in [0.5, 0.6) is 0 Å². The number of rotatable bonds is 4. The van der Waals surface area contributed by atoms with Gasteiger partial charge in [0.1, 0.15) is 0 Å². The van der Waals surface area contributed by atoms with Crippen molar-refractivity contribution < 1.29 is 0 Å². The van der Waals surface area contributed by atoms with Crippen molar-refractivity contribution in [3.05, 3.63) is 48.8 Å². The minimum atomic E-state index is -0.0175. The molecule has 0 unspecified atom stereocenters. The molecular formula is C16H20N4OS2. The number of hydrogen-bond acceptors (Lipinski definition) is 6. The van der Waals surface area contributed by atoms with E-state index < -0.39 is 0 Å². The summed E-state index contributed by atoms with van der Waals surface area (Å²) in [6.45, 7) is 8.89. The Kier molecular flexibility index (Phi) is 4.35. The van der Waals surface area contributed by atoms with Gasteiger partial charge in [0.2, 0.25) is 0 Å². The molecule has 0 radical (unpaired) electrons. The van der Waals surface area contributed by atoms with Crippen molar-refractivity contribution in [3.63, 3.8) is 0 Å². The second kappa shape index (κ2) is 6.14. The van der Waals surface area contributed by atoms with E-state index in [0.717, 1.165) is 26.2 Å². The molecule has 3 rings (SSSR count). The van der Waals surface area contributed by atoms with Crippen LogP contribution in [0.25, 0.3) is 4.96 Å². The van der Waals surface area contributed by atoms with E-state index >= 15 is 0 Å². The SMILES string of the molecule is Cc1cn2c(=O)cc(CN(C)[C@@H](C)c3nc(C)sc3C)nc2s1. The number of nitrogens with zero attached hydrogens (tertiary/aromatic N) is 4. The van der Waals surface area contributed by atoms with Crippen molar-refractivity contribution >= 4 is 27.6 Å². The van der Waals surface area contributed by atoms with Crippen LogP contribution < -0.4 is 5.56 Å². The normalized spacial score (nSPS) is 13.1. The van der Waals surface area contributed by atoms with Gasteiger partial charge in [0.15, 0.2) is 4.96 Å². The zero-order valence-corrected chi connectivity index (χ0v) is 15.6. The lowest BCUT2D eigenvalue weighted by Gasteiger charge is -2.23. The second-order valence-corrected chi connectivity index (χ2v) is 8.47. The molecule has 3 aromatic heterocycles. The molecule has 0 aliphatic heterocycles. The maximum atomic E-state index is 12.2. The lowest BCUT2D eigenvalue weighted by atomic mass is 10.2. The lowest BCUT2D eigenvalue weighted by molar-refractivity contribution is 0.245. The third-order valence-corrected chi connectivity index (χ3v) is 5.74. The molecular weight excluding hydrogens is 328 g/mol. The van der Waals surface area contributed by atoms with Crippen molar-refractivity contribution in [2.24, 2.45) is 0 Å². The van der Waals surface area contributed by atoms with Gasteiger partial charge in [-0.2, -0.15) is 0 Å². The summed E-state index contributed by atoms with van der Waals surface area (Å²) in [5, 5.41) is 1.09. The van der Waals surface area contributed by atoms with Gasteiger partial charge in [-0.3, -0.25) is 14.1 Å². The molecule has 0 amide bonds. The van der Waals surface area contributed by atoms with Gasteiger partial charge in [-0.1, -0.05) is 0 Å². The summed E-state index contributed by atoms with van der Waals surface area (Å²) in [6, 6.07) is 1.81. The van der Waals surface area contributed by atoms with Gasteiger partial charge in [0.25, 0.3) is 5.56 Å². The average molecular weight is 348 g/mol. The summed E-state index contributed by atoms with van der Waals surface area (Å²) in [7, 11) is 2.04. The Morgan fingerprint density at radius 2 is 2.00 bits per heavy atom. The molecule has 0 N–H and O–H groups in total. The predicted octanol–water partition coefficient (Wildman–Crippen LogP) is 3.33. The molecule has 0 aliphatic carbocycles. The quantitative estimate of drug-likeness (QED) is 0.726. The molecule has 3 aromatic rings. The Hall–Kier alpha value is -1.57. The smallest absolute Gasteiger partial charge is 0.258 e. The van der Waals surface area contributed by atoms with Crippen molar-refractivity contribution in [3.8, 4) is 0 Å². The molecule has 7 heteroatoms. The van der Waals surface area contributed by atoms with E-state index in [1.54, 1.807) is 33.1 Å². The first-order chi connectivity index (χ1) is 10.8. The fraction of sp³-hybridized carbons (Fsp3) is 0.438. The van der Waals surface area contributed by atoms with Gasteiger partial charge in [-0.25, -0.2) is 9.97 Å². The Morgan fingerprint density at radius 3 is 2.65 bits per heavy atom. The fourth-order valence-electron chi connectivity index (χ4n) is 2.67. The minimum absolute atomic E-state index is 0.0175. The number of hydrogen-bond donors (Lipinski definition) is 0. The molecule has 0 aliphatic rings. The maximum absolute atomic E-state index is 12.2. The Bertz CT molecular complexity index is 909. The average Bonchev–Trinajstić information content (AvgIpc) is 3.00. The topological polar surface area (TPSA) is 50.5 Å². The molecule has 122 valence electrons. The van der Waals surface area contributed by atoms with Crippen LogP contribution in [0, 0.1) is 20.8 Å². The number of aromatic nitrogens is 3. The van der Waals surface area contributed by atoms with Crippen molar-refractivity contribution in [2.45, 2.75) is 40.3 Å². The summed E-state index contributed by atoms with van der Waals surface area (Å²) < 4.78 is 1.61. The monoisotopic (exact) mass is 348 g/mol. The molecule has 23 heavy (non-hydrogen) atoms. The lowest BCUT2D eigenvalue weighted by Crippen LogP contribution is -2.25. The van der Waals surface area contributed by atoms with Crippen LogP contribution in [-0.2, 0) is 6.54 Å². The minimum Gasteiger partial charge on any atom is -0.292 e.